The Morgan fingerprint density at radius 2 is 1.83 bits per heavy atom. The molecule has 2 nitrogen and oxygen atoms in total. The number of hydrogen-bond acceptors (Lipinski definition) is 1. The molecule has 0 spiro atoms. The number of alkyl halides is 3. The maximum absolute atomic E-state index is 12.7. The second-order valence-electron chi connectivity index (χ2n) is 4.18. The molecule has 0 saturated carbocycles. The third-order valence-corrected chi connectivity index (χ3v) is 3.14. The number of halogens is 3. The van der Waals surface area contributed by atoms with E-state index < -0.39 is 11.7 Å². The lowest BCUT2D eigenvalue weighted by atomic mass is 10.1. The standard InChI is InChI=1S/C13H9F3N2/c1-18-11-4-5-17-7-10(11)9-3-2-8(6-12(9)18)13(14,15)16/h2-7H,1H3. The second kappa shape index (κ2) is 3.48. The van der Waals surface area contributed by atoms with Gasteiger partial charge >= 0.3 is 6.18 Å². The Labute approximate surface area is 101 Å². The van der Waals surface area contributed by atoms with Crippen LogP contribution in [-0.2, 0) is 13.2 Å². The highest BCUT2D eigenvalue weighted by atomic mass is 19.4. The molecular weight excluding hydrogens is 241 g/mol. The van der Waals surface area contributed by atoms with E-state index in [2.05, 4.69) is 4.98 Å². The lowest BCUT2D eigenvalue weighted by Gasteiger charge is -2.06. The van der Waals surface area contributed by atoms with Gasteiger partial charge in [0.2, 0.25) is 0 Å². The lowest BCUT2D eigenvalue weighted by Crippen LogP contribution is -2.04. The molecule has 0 fully saturated rings. The van der Waals surface area contributed by atoms with Gasteiger partial charge in [0, 0.05) is 35.7 Å². The molecule has 18 heavy (non-hydrogen) atoms. The number of fused-ring (bicyclic) bond motifs is 3. The van der Waals surface area contributed by atoms with E-state index in [1.165, 1.54) is 12.1 Å². The minimum atomic E-state index is -4.32. The molecule has 2 aromatic heterocycles. The zero-order valence-electron chi connectivity index (χ0n) is 9.49. The van der Waals surface area contributed by atoms with Crippen molar-refractivity contribution in [3.63, 3.8) is 0 Å². The summed E-state index contributed by atoms with van der Waals surface area (Å²) in [6.45, 7) is 0. The zero-order valence-corrected chi connectivity index (χ0v) is 9.49. The SMILES string of the molecule is Cn1c2ccncc2c2ccc(C(F)(F)F)cc21. The molecule has 2 heterocycles. The van der Waals surface area contributed by atoms with Crippen molar-refractivity contribution in [2.75, 3.05) is 0 Å². The molecule has 3 rings (SSSR count). The van der Waals surface area contributed by atoms with Gasteiger partial charge in [-0.2, -0.15) is 13.2 Å². The maximum Gasteiger partial charge on any atom is 0.416 e. The second-order valence-corrected chi connectivity index (χ2v) is 4.18. The Balaban J connectivity index is 2.42. The fourth-order valence-electron chi connectivity index (χ4n) is 2.23. The molecule has 0 N–H and O–H groups in total. The molecule has 0 saturated heterocycles. The number of aryl methyl sites for hydroxylation is 1. The molecule has 0 atom stereocenters. The van der Waals surface area contributed by atoms with Gasteiger partial charge in [-0.1, -0.05) is 6.07 Å². The summed E-state index contributed by atoms with van der Waals surface area (Å²) in [5.41, 5.74) is 0.806. The van der Waals surface area contributed by atoms with Crippen LogP contribution >= 0.6 is 0 Å². The minimum absolute atomic E-state index is 0.563. The molecular formula is C13H9F3N2. The largest absolute Gasteiger partial charge is 0.416 e. The molecule has 5 heteroatoms. The van der Waals surface area contributed by atoms with E-state index in [1.54, 1.807) is 30.1 Å². The first-order chi connectivity index (χ1) is 8.48. The van der Waals surface area contributed by atoms with E-state index in [0.717, 1.165) is 22.4 Å². The highest BCUT2D eigenvalue weighted by Crippen LogP contribution is 2.34. The number of nitrogens with zero attached hydrogens (tertiary/aromatic N) is 2. The van der Waals surface area contributed by atoms with Gasteiger partial charge in [0.1, 0.15) is 0 Å². The first kappa shape index (κ1) is 11.1. The molecule has 0 unspecified atom stereocenters. The molecule has 92 valence electrons. The van der Waals surface area contributed by atoms with Crippen molar-refractivity contribution >= 4 is 21.8 Å². The summed E-state index contributed by atoms with van der Waals surface area (Å²) < 4.78 is 39.8. The van der Waals surface area contributed by atoms with Crippen LogP contribution < -0.4 is 0 Å². The van der Waals surface area contributed by atoms with Gasteiger partial charge in [0.15, 0.2) is 0 Å². The van der Waals surface area contributed by atoms with E-state index in [1.807, 2.05) is 0 Å². The van der Waals surface area contributed by atoms with Crippen LogP contribution in [0.5, 0.6) is 0 Å². The van der Waals surface area contributed by atoms with Crippen molar-refractivity contribution in [1.29, 1.82) is 0 Å². The first-order valence-electron chi connectivity index (χ1n) is 5.38. The molecule has 3 aromatic rings. The average Bonchev–Trinajstić information content (AvgIpc) is 2.63. The molecule has 0 aliphatic carbocycles. The van der Waals surface area contributed by atoms with Crippen molar-refractivity contribution in [2.45, 2.75) is 6.18 Å². The Bertz CT molecular complexity index is 741. The Morgan fingerprint density at radius 1 is 1.06 bits per heavy atom. The first-order valence-corrected chi connectivity index (χ1v) is 5.38. The van der Waals surface area contributed by atoms with Gasteiger partial charge in [0.25, 0.3) is 0 Å². The number of hydrogen-bond donors (Lipinski definition) is 0. The zero-order chi connectivity index (χ0) is 12.9. The quantitative estimate of drug-likeness (QED) is 0.594. The van der Waals surface area contributed by atoms with Crippen LogP contribution in [0, 0.1) is 0 Å². The summed E-state index contributed by atoms with van der Waals surface area (Å²) in [6, 6.07) is 5.58. The highest BCUT2D eigenvalue weighted by Gasteiger charge is 2.30. The summed E-state index contributed by atoms with van der Waals surface area (Å²) in [5, 5.41) is 1.65. The predicted octanol–water partition coefficient (Wildman–Crippen LogP) is 3.75. The van der Waals surface area contributed by atoms with Crippen LogP contribution in [0.2, 0.25) is 0 Å². The number of aromatic nitrogens is 2. The van der Waals surface area contributed by atoms with Gasteiger partial charge < -0.3 is 4.57 Å². The third kappa shape index (κ3) is 1.47. The summed E-state index contributed by atoms with van der Waals surface area (Å²) in [7, 11) is 1.75. The Hall–Kier alpha value is -2.04. The van der Waals surface area contributed by atoms with Crippen LogP contribution in [0.3, 0.4) is 0 Å². The van der Waals surface area contributed by atoms with Gasteiger partial charge in [-0.05, 0) is 18.2 Å². The maximum atomic E-state index is 12.7. The Kier molecular flexibility index (Phi) is 2.14. The molecule has 0 radical (unpaired) electrons. The van der Waals surface area contributed by atoms with E-state index in [9.17, 15) is 13.2 Å². The minimum Gasteiger partial charge on any atom is -0.344 e. The molecule has 0 amide bonds. The van der Waals surface area contributed by atoms with Crippen molar-refractivity contribution in [1.82, 2.24) is 9.55 Å². The van der Waals surface area contributed by atoms with Crippen molar-refractivity contribution < 1.29 is 13.2 Å². The van der Waals surface area contributed by atoms with E-state index in [0.29, 0.717) is 5.52 Å². The number of pyridine rings is 1. The number of rotatable bonds is 0. The van der Waals surface area contributed by atoms with Gasteiger partial charge in [-0.3, -0.25) is 4.98 Å². The smallest absolute Gasteiger partial charge is 0.344 e. The highest BCUT2D eigenvalue weighted by molar-refractivity contribution is 6.07. The van der Waals surface area contributed by atoms with E-state index in [4.69, 9.17) is 0 Å². The Morgan fingerprint density at radius 3 is 2.56 bits per heavy atom. The van der Waals surface area contributed by atoms with Crippen LogP contribution in [0.1, 0.15) is 5.56 Å². The summed E-state index contributed by atoms with van der Waals surface area (Å²) in [5.74, 6) is 0. The summed E-state index contributed by atoms with van der Waals surface area (Å²) in [6.07, 6.45) is -1.01. The van der Waals surface area contributed by atoms with Crippen molar-refractivity contribution in [3.05, 3.63) is 42.2 Å². The number of benzene rings is 1. The van der Waals surface area contributed by atoms with Crippen molar-refractivity contribution in [3.8, 4) is 0 Å². The summed E-state index contributed by atoms with van der Waals surface area (Å²) in [4.78, 5) is 4.01. The molecule has 0 bridgehead atoms. The van der Waals surface area contributed by atoms with Crippen LogP contribution in [0.4, 0.5) is 13.2 Å². The fourth-order valence-corrected chi connectivity index (χ4v) is 2.23. The van der Waals surface area contributed by atoms with Gasteiger partial charge in [-0.15, -0.1) is 0 Å². The van der Waals surface area contributed by atoms with Gasteiger partial charge in [0.05, 0.1) is 11.1 Å². The van der Waals surface area contributed by atoms with Crippen molar-refractivity contribution in [2.24, 2.45) is 7.05 Å². The lowest BCUT2D eigenvalue weighted by molar-refractivity contribution is -0.137. The van der Waals surface area contributed by atoms with Crippen LogP contribution in [-0.4, -0.2) is 9.55 Å². The summed E-state index contributed by atoms with van der Waals surface area (Å²) >= 11 is 0. The van der Waals surface area contributed by atoms with E-state index in [-0.39, 0.29) is 0 Å². The topological polar surface area (TPSA) is 17.8 Å². The third-order valence-electron chi connectivity index (χ3n) is 3.14. The molecule has 1 aromatic carbocycles. The van der Waals surface area contributed by atoms with Gasteiger partial charge in [-0.25, -0.2) is 0 Å². The normalized spacial score (nSPS) is 12.4. The average molecular weight is 250 g/mol. The van der Waals surface area contributed by atoms with Crippen LogP contribution in [0.25, 0.3) is 21.8 Å². The monoisotopic (exact) mass is 250 g/mol. The van der Waals surface area contributed by atoms with E-state index >= 15 is 0 Å². The molecule has 0 aliphatic heterocycles. The van der Waals surface area contributed by atoms with Crippen LogP contribution in [0.15, 0.2) is 36.7 Å². The predicted molar refractivity (Wildman–Crippen MR) is 63.2 cm³/mol. The fraction of sp³-hybridized carbons (Fsp3) is 0.154. The molecule has 0 aliphatic rings.